The molecule has 102 valence electrons. The zero-order valence-electron chi connectivity index (χ0n) is 10.5. The Hall–Kier alpha value is -0.620. The topological polar surface area (TPSA) is 58.6 Å². The van der Waals surface area contributed by atoms with Crippen LogP contribution in [0.3, 0.4) is 0 Å². The molecule has 0 bridgehead atoms. The lowest BCUT2D eigenvalue weighted by Crippen LogP contribution is -2.31. The molecule has 0 fully saturated rings. The number of amides is 1. The van der Waals surface area contributed by atoms with E-state index in [9.17, 15) is 9.90 Å². The highest BCUT2D eigenvalue weighted by Gasteiger charge is 2.16. The van der Waals surface area contributed by atoms with Crippen LogP contribution < -0.4 is 5.32 Å². The average Bonchev–Trinajstić information content (AvgIpc) is 2.75. The minimum Gasteiger partial charge on any atom is -0.391 e. The molecule has 1 aromatic heterocycles. The molecule has 2 N–H and O–H groups in total. The maximum absolute atomic E-state index is 11.8. The third kappa shape index (κ3) is 4.94. The predicted octanol–water partition coefficient (Wildman–Crippen LogP) is 2.02. The lowest BCUT2D eigenvalue weighted by Gasteiger charge is -2.12. The molecule has 18 heavy (non-hydrogen) atoms. The molecule has 0 saturated heterocycles. The average molecular weight is 292 g/mol. The number of aliphatic hydroxyl groups is 1. The molecule has 0 radical (unpaired) electrons. The number of rotatable bonds is 7. The molecule has 6 heteroatoms. The molecular weight excluding hydrogens is 274 g/mol. The molecule has 0 aliphatic heterocycles. The van der Waals surface area contributed by atoms with Gasteiger partial charge in [0.25, 0.3) is 0 Å². The fourth-order valence-corrected chi connectivity index (χ4v) is 2.59. The highest BCUT2D eigenvalue weighted by Crippen LogP contribution is 2.27. The Morgan fingerprint density at radius 1 is 1.61 bits per heavy atom. The van der Waals surface area contributed by atoms with Gasteiger partial charge in [0.15, 0.2) is 0 Å². The number of carbonyl (C=O) groups is 1. The summed E-state index contributed by atoms with van der Waals surface area (Å²) in [5, 5.41) is 12.2. The fourth-order valence-electron chi connectivity index (χ4n) is 1.48. The molecular formula is C12H18ClNO3S. The number of thiophene rings is 1. The van der Waals surface area contributed by atoms with E-state index in [1.807, 2.05) is 13.0 Å². The second-order valence-electron chi connectivity index (χ2n) is 4.05. The summed E-state index contributed by atoms with van der Waals surface area (Å²) in [5.74, 6) is -0.278. The smallest absolute Gasteiger partial charge is 0.228 e. The summed E-state index contributed by atoms with van der Waals surface area (Å²) in [4.78, 5) is 12.8. The van der Waals surface area contributed by atoms with Gasteiger partial charge >= 0.3 is 0 Å². The molecule has 1 amide bonds. The number of methoxy groups -OCH3 is 1. The zero-order chi connectivity index (χ0) is 13.5. The summed E-state index contributed by atoms with van der Waals surface area (Å²) in [7, 11) is 1.53. The molecule has 2 unspecified atom stereocenters. The van der Waals surface area contributed by atoms with Crippen molar-refractivity contribution in [2.45, 2.75) is 25.4 Å². The number of hydrogen-bond donors (Lipinski definition) is 2. The maximum Gasteiger partial charge on any atom is 0.228 e. The predicted molar refractivity (Wildman–Crippen MR) is 73.3 cm³/mol. The second kappa shape index (κ2) is 7.74. The Morgan fingerprint density at radius 2 is 2.33 bits per heavy atom. The van der Waals surface area contributed by atoms with Crippen LogP contribution in [-0.4, -0.2) is 37.4 Å². The van der Waals surface area contributed by atoms with E-state index in [2.05, 4.69) is 5.32 Å². The summed E-state index contributed by atoms with van der Waals surface area (Å²) in [6.45, 7) is 2.56. The molecule has 0 aliphatic carbocycles. The first-order valence-electron chi connectivity index (χ1n) is 5.74. The van der Waals surface area contributed by atoms with Crippen molar-refractivity contribution in [2.24, 2.45) is 0 Å². The minimum atomic E-state index is -0.540. The summed E-state index contributed by atoms with van der Waals surface area (Å²) in [6, 6.07) is 3.64. The number of ether oxygens (including phenoxy) is 1. The van der Waals surface area contributed by atoms with E-state index < -0.39 is 6.10 Å². The SMILES string of the molecule is COCC(O)CCNC(=O)C(C)c1ccc(Cl)s1. The summed E-state index contributed by atoms with van der Waals surface area (Å²) < 4.78 is 5.49. The number of nitrogens with one attached hydrogen (secondary N) is 1. The Labute approximate surface area is 116 Å². The van der Waals surface area contributed by atoms with Gasteiger partial charge in [-0.25, -0.2) is 0 Å². The van der Waals surface area contributed by atoms with E-state index in [0.717, 1.165) is 4.88 Å². The van der Waals surface area contributed by atoms with E-state index in [4.69, 9.17) is 16.3 Å². The highest BCUT2D eigenvalue weighted by atomic mass is 35.5. The highest BCUT2D eigenvalue weighted by molar-refractivity contribution is 7.16. The normalized spacial score (nSPS) is 14.2. The van der Waals surface area contributed by atoms with Gasteiger partial charge in [0, 0.05) is 18.5 Å². The lowest BCUT2D eigenvalue weighted by molar-refractivity contribution is -0.122. The standard InChI is InChI=1S/C12H18ClNO3S/c1-8(10-3-4-11(13)18-10)12(16)14-6-5-9(15)7-17-2/h3-4,8-9,15H,5-7H2,1-2H3,(H,14,16). The van der Waals surface area contributed by atoms with Crippen LogP contribution in [-0.2, 0) is 9.53 Å². The van der Waals surface area contributed by atoms with Crippen LogP contribution in [0.15, 0.2) is 12.1 Å². The molecule has 2 atom stereocenters. The molecule has 0 aliphatic rings. The van der Waals surface area contributed by atoms with Gasteiger partial charge in [-0.05, 0) is 25.5 Å². The van der Waals surface area contributed by atoms with Gasteiger partial charge < -0.3 is 15.2 Å². The van der Waals surface area contributed by atoms with Crippen molar-refractivity contribution < 1.29 is 14.6 Å². The molecule has 0 spiro atoms. The van der Waals surface area contributed by atoms with Crippen molar-refractivity contribution in [3.8, 4) is 0 Å². The van der Waals surface area contributed by atoms with Crippen molar-refractivity contribution in [1.82, 2.24) is 5.32 Å². The number of carbonyl (C=O) groups excluding carboxylic acids is 1. The molecule has 1 heterocycles. The van der Waals surface area contributed by atoms with E-state index in [1.54, 1.807) is 6.07 Å². The first kappa shape index (κ1) is 15.4. The zero-order valence-corrected chi connectivity index (χ0v) is 12.1. The van der Waals surface area contributed by atoms with Gasteiger partial charge in [0.2, 0.25) is 5.91 Å². The summed E-state index contributed by atoms with van der Waals surface area (Å²) >= 11 is 7.24. The fraction of sp³-hybridized carbons (Fsp3) is 0.583. The molecule has 0 aromatic carbocycles. The monoisotopic (exact) mass is 291 g/mol. The second-order valence-corrected chi connectivity index (χ2v) is 5.80. The first-order valence-corrected chi connectivity index (χ1v) is 6.94. The third-order valence-electron chi connectivity index (χ3n) is 2.55. The quantitative estimate of drug-likeness (QED) is 0.808. The van der Waals surface area contributed by atoms with Gasteiger partial charge in [-0.3, -0.25) is 4.79 Å². The minimum absolute atomic E-state index is 0.0573. The number of aliphatic hydroxyl groups excluding tert-OH is 1. The van der Waals surface area contributed by atoms with Crippen LogP contribution in [0.1, 0.15) is 24.1 Å². The van der Waals surface area contributed by atoms with Crippen LogP contribution >= 0.6 is 22.9 Å². The Morgan fingerprint density at radius 3 is 2.89 bits per heavy atom. The van der Waals surface area contributed by atoms with E-state index in [0.29, 0.717) is 17.3 Å². The van der Waals surface area contributed by atoms with Crippen molar-refractivity contribution in [1.29, 1.82) is 0 Å². The van der Waals surface area contributed by atoms with Crippen molar-refractivity contribution in [3.05, 3.63) is 21.3 Å². The van der Waals surface area contributed by atoms with E-state index >= 15 is 0 Å². The molecule has 1 aromatic rings. The van der Waals surface area contributed by atoms with Crippen LogP contribution in [0.5, 0.6) is 0 Å². The van der Waals surface area contributed by atoms with Crippen LogP contribution in [0, 0.1) is 0 Å². The Kier molecular flexibility index (Phi) is 6.63. The summed E-state index contributed by atoms with van der Waals surface area (Å²) in [6.07, 6.45) is -0.0564. The maximum atomic E-state index is 11.8. The first-order chi connectivity index (χ1) is 8.54. The number of halogens is 1. The Balaban J connectivity index is 2.32. The largest absolute Gasteiger partial charge is 0.391 e. The van der Waals surface area contributed by atoms with Crippen molar-refractivity contribution in [3.63, 3.8) is 0 Å². The van der Waals surface area contributed by atoms with Gasteiger partial charge in [-0.1, -0.05) is 11.6 Å². The van der Waals surface area contributed by atoms with Gasteiger partial charge in [-0.2, -0.15) is 0 Å². The van der Waals surface area contributed by atoms with Crippen LogP contribution in [0.2, 0.25) is 4.34 Å². The number of hydrogen-bond acceptors (Lipinski definition) is 4. The van der Waals surface area contributed by atoms with Gasteiger partial charge in [0.1, 0.15) is 0 Å². The van der Waals surface area contributed by atoms with Crippen LogP contribution in [0.25, 0.3) is 0 Å². The van der Waals surface area contributed by atoms with E-state index in [1.165, 1.54) is 18.4 Å². The van der Waals surface area contributed by atoms with E-state index in [-0.39, 0.29) is 18.4 Å². The molecule has 0 saturated carbocycles. The van der Waals surface area contributed by atoms with Crippen LogP contribution in [0.4, 0.5) is 0 Å². The molecule has 4 nitrogen and oxygen atoms in total. The summed E-state index contributed by atoms with van der Waals surface area (Å²) in [5.41, 5.74) is 0. The third-order valence-corrected chi connectivity index (χ3v) is 3.96. The Bertz CT molecular complexity index is 383. The molecule has 1 rings (SSSR count). The van der Waals surface area contributed by atoms with Gasteiger partial charge in [0.05, 0.1) is 23.0 Å². The lowest BCUT2D eigenvalue weighted by atomic mass is 10.1. The van der Waals surface area contributed by atoms with Crippen molar-refractivity contribution >= 4 is 28.8 Å². The van der Waals surface area contributed by atoms with Crippen molar-refractivity contribution in [2.75, 3.05) is 20.3 Å². The van der Waals surface area contributed by atoms with Gasteiger partial charge in [-0.15, -0.1) is 11.3 Å².